The lowest BCUT2D eigenvalue weighted by atomic mass is 9.85. The van der Waals surface area contributed by atoms with Crippen molar-refractivity contribution in [2.45, 2.75) is 39.2 Å². The van der Waals surface area contributed by atoms with Crippen molar-refractivity contribution < 1.29 is 18.7 Å². The standard InChI is InChI=1S/C22H20O5/c1-12(2)25-15-6-4-14(5-7-15)17-11-20(24)26-18-9-8-16-13(3)10-19(23)27-22(16)21(17)18/h4-10,12,17H,11H2,1-3H3. The molecule has 1 unspecified atom stereocenters. The SMILES string of the molecule is Cc1cc(=O)oc2c3c(ccc12)OC(=O)CC3c1ccc(OC(C)C)cc1. The minimum Gasteiger partial charge on any atom is -0.491 e. The summed E-state index contributed by atoms with van der Waals surface area (Å²) < 4.78 is 16.7. The van der Waals surface area contributed by atoms with Gasteiger partial charge in [-0.3, -0.25) is 4.79 Å². The van der Waals surface area contributed by atoms with Gasteiger partial charge in [0.2, 0.25) is 0 Å². The van der Waals surface area contributed by atoms with E-state index in [1.165, 1.54) is 6.07 Å². The Morgan fingerprint density at radius 3 is 2.52 bits per heavy atom. The van der Waals surface area contributed by atoms with Crippen molar-refractivity contribution in [2.75, 3.05) is 0 Å². The normalized spacial score (nSPS) is 16.3. The van der Waals surface area contributed by atoms with Crippen LogP contribution in [0.1, 0.15) is 42.9 Å². The first-order chi connectivity index (χ1) is 12.9. The second kappa shape index (κ2) is 6.58. The van der Waals surface area contributed by atoms with Gasteiger partial charge < -0.3 is 13.9 Å². The van der Waals surface area contributed by atoms with Crippen LogP contribution in [0.4, 0.5) is 0 Å². The second-order valence-corrected chi connectivity index (χ2v) is 7.07. The van der Waals surface area contributed by atoms with Gasteiger partial charge in [-0.2, -0.15) is 0 Å². The van der Waals surface area contributed by atoms with Gasteiger partial charge in [0, 0.05) is 22.9 Å². The van der Waals surface area contributed by atoms with Crippen LogP contribution in [0.3, 0.4) is 0 Å². The van der Waals surface area contributed by atoms with Crippen LogP contribution in [0.25, 0.3) is 11.0 Å². The molecule has 0 aliphatic carbocycles. The first-order valence-electron chi connectivity index (χ1n) is 8.97. The van der Waals surface area contributed by atoms with E-state index < -0.39 is 5.63 Å². The van der Waals surface area contributed by atoms with E-state index in [1.807, 2.05) is 51.1 Å². The summed E-state index contributed by atoms with van der Waals surface area (Å²) in [7, 11) is 0. The molecule has 0 N–H and O–H groups in total. The molecule has 4 rings (SSSR count). The molecule has 3 aromatic rings. The molecule has 0 spiro atoms. The van der Waals surface area contributed by atoms with Crippen molar-refractivity contribution in [1.29, 1.82) is 0 Å². The maximum Gasteiger partial charge on any atom is 0.336 e. The molecule has 1 atom stereocenters. The van der Waals surface area contributed by atoms with Crippen LogP contribution in [0.5, 0.6) is 11.5 Å². The smallest absolute Gasteiger partial charge is 0.336 e. The topological polar surface area (TPSA) is 65.7 Å². The van der Waals surface area contributed by atoms with Crippen LogP contribution < -0.4 is 15.1 Å². The Kier molecular flexibility index (Phi) is 4.22. The van der Waals surface area contributed by atoms with Gasteiger partial charge in [0.1, 0.15) is 17.1 Å². The lowest BCUT2D eigenvalue weighted by molar-refractivity contribution is -0.135. The van der Waals surface area contributed by atoms with Gasteiger partial charge in [-0.25, -0.2) is 4.79 Å². The third-order valence-electron chi connectivity index (χ3n) is 4.72. The summed E-state index contributed by atoms with van der Waals surface area (Å²) in [5.74, 6) is 0.667. The molecule has 0 saturated carbocycles. The number of ether oxygens (including phenoxy) is 2. The largest absolute Gasteiger partial charge is 0.491 e. The maximum atomic E-state index is 12.2. The molecule has 138 valence electrons. The number of fused-ring (bicyclic) bond motifs is 3. The van der Waals surface area contributed by atoms with E-state index >= 15 is 0 Å². The average molecular weight is 364 g/mol. The number of rotatable bonds is 3. The quantitative estimate of drug-likeness (QED) is 0.393. The summed E-state index contributed by atoms with van der Waals surface area (Å²) in [4.78, 5) is 24.1. The predicted octanol–water partition coefficient (Wildman–Crippen LogP) is 4.33. The van der Waals surface area contributed by atoms with Crippen molar-refractivity contribution >= 4 is 16.9 Å². The second-order valence-electron chi connectivity index (χ2n) is 7.07. The van der Waals surface area contributed by atoms with Gasteiger partial charge in [0.05, 0.1) is 12.5 Å². The first kappa shape index (κ1) is 17.3. The van der Waals surface area contributed by atoms with Crippen molar-refractivity contribution in [3.63, 3.8) is 0 Å². The van der Waals surface area contributed by atoms with Gasteiger partial charge in [-0.1, -0.05) is 12.1 Å². The zero-order chi connectivity index (χ0) is 19.1. The van der Waals surface area contributed by atoms with Gasteiger partial charge >= 0.3 is 11.6 Å². The molecule has 5 heteroatoms. The van der Waals surface area contributed by atoms with Crippen LogP contribution >= 0.6 is 0 Å². The molecule has 0 radical (unpaired) electrons. The molecule has 0 fully saturated rings. The highest BCUT2D eigenvalue weighted by Gasteiger charge is 2.31. The Morgan fingerprint density at radius 2 is 1.81 bits per heavy atom. The lowest BCUT2D eigenvalue weighted by Crippen LogP contribution is -2.21. The molecular formula is C22H20O5. The van der Waals surface area contributed by atoms with Crippen molar-refractivity contribution in [1.82, 2.24) is 0 Å². The third kappa shape index (κ3) is 3.21. The third-order valence-corrected chi connectivity index (χ3v) is 4.72. The van der Waals surface area contributed by atoms with Gasteiger partial charge in [0.25, 0.3) is 0 Å². The molecule has 27 heavy (non-hydrogen) atoms. The highest BCUT2D eigenvalue weighted by atomic mass is 16.5. The van der Waals surface area contributed by atoms with E-state index in [0.717, 1.165) is 27.8 Å². The average Bonchev–Trinajstić information content (AvgIpc) is 2.60. The molecule has 2 heterocycles. The number of carbonyl (C=O) groups is 1. The number of hydrogen-bond acceptors (Lipinski definition) is 5. The minimum absolute atomic E-state index is 0.0856. The summed E-state index contributed by atoms with van der Waals surface area (Å²) in [6.45, 7) is 5.81. The Morgan fingerprint density at radius 1 is 1.07 bits per heavy atom. The summed E-state index contributed by atoms with van der Waals surface area (Å²) in [6, 6.07) is 12.7. The molecule has 1 aliphatic rings. The van der Waals surface area contributed by atoms with Gasteiger partial charge in [0.15, 0.2) is 0 Å². The zero-order valence-corrected chi connectivity index (χ0v) is 15.4. The van der Waals surface area contributed by atoms with Crippen molar-refractivity contribution in [3.8, 4) is 11.5 Å². The van der Waals surface area contributed by atoms with E-state index in [4.69, 9.17) is 13.9 Å². The molecule has 2 aromatic carbocycles. The van der Waals surface area contributed by atoms with E-state index in [9.17, 15) is 9.59 Å². The van der Waals surface area contributed by atoms with E-state index in [2.05, 4.69) is 0 Å². The molecule has 0 bridgehead atoms. The van der Waals surface area contributed by atoms with E-state index in [0.29, 0.717) is 11.3 Å². The minimum atomic E-state index is -0.412. The molecule has 5 nitrogen and oxygen atoms in total. The first-order valence-corrected chi connectivity index (χ1v) is 8.97. The Bertz CT molecular complexity index is 1080. The lowest BCUT2D eigenvalue weighted by Gasteiger charge is -2.26. The van der Waals surface area contributed by atoms with Crippen LogP contribution in [-0.4, -0.2) is 12.1 Å². The summed E-state index contributed by atoms with van der Waals surface area (Å²) in [5.41, 5.74) is 2.59. The van der Waals surface area contributed by atoms with E-state index in [1.54, 1.807) is 6.07 Å². The van der Waals surface area contributed by atoms with Crippen molar-refractivity contribution in [2.24, 2.45) is 0 Å². The van der Waals surface area contributed by atoms with Crippen LogP contribution in [0, 0.1) is 6.92 Å². The number of hydrogen-bond donors (Lipinski definition) is 0. The molecule has 1 aromatic heterocycles. The monoisotopic (exact) mass is 364 g/mol. The highest BCUT2D eigenvalue weighted by molar-refractivity contribution is 5.89. The maximum absolute atomic E-state index is 12.2. The van der Waals surface area contributed by atoms with Crippen LogP contribution in [0.15, 0.2) is 51.7 Å². The number of carbonyl (C=O) groups excluding carboxylic acids is 1. The molecule has 0 saturated heterocycles. The van der Waals surface area contributed by atoms with Gasteiger partial charge in [-0.15, -0.1) is 0 Å². The fourth-order valence-electron chi connectivity index (χ4n) is 3.57. The molecule has 0 amide bonds. The predicted molar refractivity (Wildman–Crippen MR) is 102 cm³/mol. The number of aryl methyl sites for hydroxylation is 1. The number of benzene rings is 2. The Balaban J connectivity index is 1.88. The zero-order valence-electron chi connectivity index (χ0n) is 15.4. The van der Waals surface area contributed by atoms with Gasteiger partial charge in [-0.05, 0) is 56.2 Å². The van der Waals surface area contributed by atoms with Crippen LogP contribution in [-0.2, 0) is 4.79 Å². The highest BCUT2D eigenvalue weighted by Crippen LogP contribution is 2.43. The number of esters is 1. The Hall–Kier alpha value is -3.08. The summed E-state index contributed by atoms with van der Waals surface area (Å²) >= 11 is 0. The van der Waals surface area contributed by atoms with Crippen LogP contribution in [0.2, 0.25) is 0 Å². The van der Waals surface area contributed by atoms with Crippen molar-refractivity contribution in [3.05, 3.63) is 69.6 Å². The summed E-state index contributed by atoms with van der Waals surface area (Å²) in [5, 5.41) is 0.844. The fraction of sp³-hybridized carbons (Fsp3) is 0.273. The fourth-order valence-corrected chi connectivity index (χ4v) is 3.57. The summed E-state index contributed by atoms with van der Waals surface area (Å²) in [6.07, 6.45) is 0.274. The Labute approximate surface area is 156 Å². The van der Waals surface area contributed by atoms with E-state index in [-0.39, 0.29) is 24.4 Å². The molecular weight excluding hydrogens is 344 g/mol. The molecule has 1 aliphatic heterocycles.